The molecule has 36 heavy (non-hydrogen) atoms. The molecule has 2 amide bonds. The molecule has 2 aromatic rings. The first-order valence-corrected chi connectivity index (χ1v) is 12.5. The van der Waals surface area contributed by atoms with Crippen molar-refractivity contribution in [2.75, 3.05) is 29.6 Å². The largest absolute Gasteiger partial charge is 0.381 e. The number of carbonyl (C=O) groups is 2. The molecule has 186 valence electrons. The van der Waals surface area contributed by atoms with Gasteiger partial charge in [-0.25, -0.2) is 9.37 Å². The van der Waals surface area contributed by atoms with Gasteiger partial charge >= 0.3 is 0 Å². The van der Waals surface area contributed by atoms with Crippen LogP contribution in [0.2, 0.25) is 0 Å². The van der Waals surface area contributed by atoms with Crippen molar-refractivity contribution in [3.8, 4) is 6.07 Å². The number of pyridine rings is 1. The summed E-state index contributed by atoms with van der Waals surface area (Å²) in [5, 5.41) is 12.2. The number of ether oxygens (including phenoxy) is 1. The fourth-order valence-electron chi connectivity index (χ4n) is 5.12. The van der Waals surface area contributed by atoms with Crippen LogP contribution in [0.3, 0.4) is 0 Å². The van der Waals surface area contributed by atoms with Gasteiger partial charge in [0.05, 0.1) is 17.4 Å². The van der Waals surface area contributed by atoms with Gasteiger partial charge in [0.25, 0.3) is 11.8 Å². The molecule has 1 aliphatic carbocycles. The zero-order valence-corrected chi connectivity index (χ0v) is 20.7. The van der Waals surface area contributed by atoms with Crippen LogP contribution in [-0.2, 0) is 9.53 Å². The van der Waals surface area contributed by atoms with Crippen molar-refractivity contribution in [2.45, 2.75) is 44.6 Å². The van der Waals surface area contributed by atoms with E-state index in [-0.39, 0.29) is 22.3 Å². The number of carbonyl (C=O) groups excluding carboxylic acids is 2. The summed E-state index contributed by atoms with van der Waals surface area (Å²) in [6, 6.07) is 8.08. The van der Waals surface area contributed by atoms with E-state index in [0.29, 0.717) is 55.5 Å². The first-order valence-electron chi connectivity index (χ1n) is 12.1. The normalized spacial score (nSPS) is 19.4. The number of rotatable bonds is 5. The Hall–Kier alpha value is -3.42. The van der Waals surface area contributed by atoms with Crippen molar-refractivity contribution in [1.82, 2.24) is 10.3 Å². The quantitative estimate of drug-likeness (QED) is 0.617. The Morgan fingerprint density at radius 1 is 1.31 bits per heavy atom. The minimum absolute atomic E-state index is 0.0475. The maximum Gasteiger partial charge on any atom is 0.259 e. The fourth-order valence-corrected chi connectivity index (χ4v) is 5.59. The Labute approximate surface area is 214 Å². The van der Waals surface area contributed by atoms with Gasteiger partial charge in [0.2, 0.25) is 0 Å². The summed E-state index contributed by atoms with van der Waals surface area (Å²) in [5.74, 6) is -1.01. The van der Waals surface area contributed by atoms with Crippen LogP contribution in [0.1, 0.15) is 53.7 Å². The lowest BCUT2D eigenvalue weighted by molar-refractivity contribution is -0.123. The first-order chi connectivity index (χ1) is 17.4. The van der Waals surface area contributed by atoms with Crippen molar-refractivity contribution in [3.63, 3.8) is 0 Å². The van der Waals surface area contributed by atoms with Crippen molar-refractivity contribution < 1.29 is 18.7 Å². The van der Waals surface area contributed by atoms with Crippen molar-refractivity contribution in [1.29, 1.82) is 5.26 Å². The van der Waals surface area contributed by atoms with Crippen LogP contribution >= 0.6 is 12.2 Å². The number of nitriles is 1. The van der Waals surface area contributed by atoms with Gasteiger partial charge < -0.3 is 15.0 Å². The van der Waals surface area contributed by atoms with E-state index in [4.69, 9.17) is 17.0 Å². The highest BCUT2D eigenvalue weighted by molar-refractivity contribution is 7.81. The van der Waals surface area contributed by atoms with Crippen molar-refractivity contribution >= 4 is 40.5 Å². The molecule has 1 aromatic carbocycles. The molecule has 0 bridgehead atoms. The second kappa shape index (κ2) is 9.56. The molecule has 1 spiro atoms. The minimum Gasteiger partial charge on any atom is -0.381 e. The van der Waals surface area contributed by atoms with Crippen LogP contribution in [0.15, 0.2) is 30.5 Å². The maximum absolute atomic E-state index is 15.2. The summed E-state index contributed by atoms with van der Waals surface area (Å²) in [6.07, 6.45) is 5.21. The average Bonchev–Trinajstić information content (AvgIpc) is 3.09. The third-order valence-corrected chi connectivity index (χ3v) is 7.73. The number of hydrogen-bond acceptors (Lipinski definition) is 6. The number of halogens is 1. The van der Waals surface area contributed by atoms with Gasteiger partial charge in [-0.3, -0.25) is 14.5 Å². The van der Waals surface area contributed by atoms with Gasteiger partial charge in [-0.1, -0.05) is 0 Å². The van der Waals surface area contributed by atoms with Crippen LogP contribution in [0.25, 0.3) is 0 Å². The molecule has 0 atom stereocenters. The highest BCUT2D eigenvalue weighted by Gasteiger charge is 2.59. The van der Waals surface area contributed by atoms with E-state index in [2.05, 4.69) is 10.3 Å². The zero-order valence-electron chi connectivity index (χ0n) is 19.9. The van der Waals surface area contributed by atoms with Gasteiger partial charge in [-0.05, 0) is 87.0 Å². The lowest BCUT2D eigenvalue weighted by Gasteiger charge is -2.43. The second-order valence-electron chi connectivity index (χ2n) is 9.54. The average molecular weight is 508 g/mol. The van der Waals surface area contributed by atoms with E-state index in [1.165, 1.54) is 23.2 Å². The SMILES string of the molecule is Cc1cc(N2C(=O)C3(CCC3)N(c3ccc(C(=O)NCC4CCOCC4)c(F)c3)C2=S)cnc1C#N. The Morgan fingerprint density at radius 2 is 2.06 bits per heavy atom. The third-order valence-electron chi connectivity index (χ3n) is 7.37. The Bertz CT molecular complexity index is 1280. The zero-order chi connectivity index (χ0) is 25.4. The van der Waals surface area contributed by atoms with Crippen molar-refractivity contribution in [2.24, 2.45) is 5.92 Å². The summed E-state index contributed by atoms with van der Waals surface area (Å²) < 4.78 is 20.5. The van der Waals surface area contributed by atoms with Gasteiger partial charge in [-0.15, -0.1) is 0 Å². The molecule has 1 saturated carbocycles. The van der Waals surface area contributed by atoms with Gasteiger partial charge in [0.1, 0.15) is 23.1 Å². The number of hydrogen-bond donors (Lipinski definition) is 1. The van der Waals surface area contributed by atoms with E-state index >= 15 is 4.39 Å². The van der Waals surface area contributed by atoms with E-state index in [0.717, 1.165) is 19.3 Å². The number of amides is 2. The molecule has 3 fully saturated rings. The lowest BCUT2D eigenvalue weighted by Crippen LogP contribution is -2.55. The van der Waals surface area contributed by atoms with Gasteiger partial charge in [0, 0.05) is 25.4 Å². The van der Waals surface area contributed by atoms with Crippen LogP contribution in [0.5, 0.6) is 0 Å². The van der Waals surface area contributed by atoms with E-state index < -0.39 is 17.3 Å². The summed E-state index contributed by atoms with van der Waals surface area (Å²) in [4.78, 5) is 33.5. The summed E-state index contributed by atoms with van der Waals surface area (Å²) in [7, 11) is 0. The highest BCUT2D eigenvalue weighted by atomic mass is 32.1. The predicted octanol–water partition coefficient (Wildman–Crippen LogP) is 3.62. The standard InChI is InChI=1S/C26H26FN5O3S/c1-16-11-19(15-29-22(16)13-28)31-24(34)26(7-2-8-26)32(25(31)36)18-3-4-20(21(27)12-18)23(33)30-14-17-5-9-35-10-6-17/h3-4,11-12,15,17H,2,5-10,14H2,1H3,(H,30,33). The molecular formula is C26H26FN5O3S. The fraction of sp³-hybridized carbons (Fsp3) is 0.423. The number of anilines is 2. The van der Waals surface area contributed by atoms with Gasteiger partial charge in [-0.2, -0.15) is 5.26 Å². The second-order valence-corrected chi connectivity index (χ2v) is 9.91. The molecule has 0 radical (unpaired) electrons. The molecule has 0 unspecified atom stereocenters. The lowest BCUT2D eigenvalue weighted by atomic mass is 9.75. The number of aryl methyl sites for hydroxylation is 1. The number of benzene rings is 1. The monoisotopic (exact) mass is 507 g/mol. The third kappa shape index (κ3) is 4.02. The Balaban J connectivity index is 1.40. The van der Waals surface area contributed by atoms with Crippen LogP contribution in [0, 0.1) is 30.0 Å². The molecule has 1 N–H and O–H groups in total. The number of nitrogens with zero attached hydrogens (tertiary/aromatic N) is 4. The summed E-state index contributed by atoms with van der Waals surface area (Å²) >= 11 is 5.72. The molecule has 8 nitrogen and oxygen atoms in total. The molecule has 3 aliphatic rings. The van der Waals surface area contributed by atoms with E-state index in [9.17, 15) is 14.9 Å². The van der Waals surface area contributed by atoms with Crippen LogP contribution in [0.4, 0.5) is 15.8 Å². The smallest absolute Gasteiger partial charge is 0.259 e. The summed E-state index contributed by atoms with van der Waals surface area (Å²) in [5.41, 5.74) is 0.868. The van der Waals surface area contributed by atoms with Crippen LogP contribution in [-0.4, -0.2) is 47.2 Å². The van der Waals surface area contributed by atoms with E-state index in [1.807, 2.05) is 6.07 Å². The molecule has 2 aliphatic heterocycles. The molecular weight excluding hydrogens is 481 g/mol. The van der Waals surface area contributed by atoms with E-state index in [1.54, 1.807) is 24.0 Å². The van der Waals surface area contributed by atoms with Gasteiger partial charge in [0.15, 0.2) is 5.11 Å². The first kappa shape index (κ1) is 24.3. The molecule has 2 saturated heterocycles. The Kier molecular flexibility index (Phi) is 6.45. The molecule has 1 aromatic heterocycles. The topological polar surface area (TPSA) is 98.6 Å². The molecule has 3 heterocycles. The Morgan fingerprint density at radius 3 is 2.67 bits per heavy atom. The van der Waals surface area contributed by atoms with Crippen LogP contribution < -0.4 is 15.1 Å². The summed E-state index contributed by atoms with van der Waals surface area (Å²) in [6.45, 7) is 3.57. The predicted molar refractivity (Wildman–Crippen MR) is 135 cm³/mol. The minimum atomic E-state index is -0.891. The molecule has 10 heteroatoms. The van der Waals surface area contributed by atoms with Crippen molar-refractivity contribution in [3.05, 3.63) is 53.1 Å². The number of aromatic nitrogens is 1. The maximum atomic E-state index is 15.2. The number of nitrogens with one attached hydrogen (secondary N) is 1. The highest BCUT2D eigenvalue weighted by Crippen LogP contribution is 2.48. The number of thiocarbonyl (C=S) groups is 1. The molecule has 5 rings (SSSR count).